The van der Waals surface area contributed by atoms with Gasteiger partial charge < -0.3 is 19.3 Å². The van der Waals surface area contributed by atoms with E-state index in [0.29, 0.717) is 41.5 Å². The Morgan fingerprint density at radius 2 is 1.77 bits per heavy atom. The molecule has 0 bridgehead atoms. The summed E-state index contributed by atoms with van der Waals surface area (Å²) in [5.74, 6) is -1.66. The first-order chi connectivity index (χ1) is 21.3. The molecule has 9 nitrogen and oxygen atoms in total. The molecule has 1 amide bonds. The Balaban J connectivity index is 1.60. The summed E-state index contributed by atoms with van der Waals surface area (Å²) < 4.78 is 16.7. The predicted octanol–water partition coefficient (Wildman–Crippen LogP) is 6.40. The van der Waals surface area contributed by atoms with Crippen LogP contribution in [0.1, 0.15) is 45.0 Å². The van der Waals surface area contributed by atoms with E-state index in [4.69, 9.17) is 14.2 Å². The van der Waals surface area contributed by atoms with Gasteiger partial charge >= 0.3 is 11.9 Å². The van der Waals surface area contributed by atoms with Crippen molar-refractivity contribution in [3.8, 4) is 11.5 Å². The SMILES string of the molecule is C=CCOC(=O)c1sc(N2C(=O)C(=O)/C(=C(/O)c3ccc(OCC)cc3)C2c2cccc(OCc3ccccc3)c2)nc1C. The number of benzene rings is 3. The van der Waals surface area contributed by atoms with Crippen molar-refractivity contribution < 1.29 is 33.7 Å². The molecular weight excluding hydrogens is 580 g/mol. The molecule has 1 fully saturated rings. The molecule has 2 heterocycles. The average Bonchev–Trinajstić information content (AvgIpc) is 3.55. The summed E-state index contributed by atoms with van der Waals surface area (Å²) in [7, 11) is 0. The zero-order chi connectivity index (χ0) is 31.2. The highest BCUT2D eigenvalue weighted by Gasteiger charge is 2.48. The van der Waals surface area contributed by atoms with Gasteiger partial charge in [0.15, 0.2) is 5.13 Å². The third-order valence-corrected chi connectivity index (χ3v) is 7.95. The van der Waals surface area contributed by atoms with Gasteiger partial charge in [0.1, 0.15) is 35.3 Å². The van der Waals surface area contributed by atoms with Gasteiger partial charge in [-0.05, 0) is 61.4 Å². The molecule has 44 heavy (non-hydrogen) atoms. The number of anilines is 1. The summed E-state index contributed by atoms with van der Waals surface area (Å²) in [5.41, 5.74) is 2.02. The molecular formula is C34H30N2O7S. The lowest BCUT2D eigenvalue weighted by atomic mass is 9.95. The van der Waals surface area contributed by atoms with E-state index in [1.54, 1.807) is 55.5 Å². The zero-order valence-electron chi connectivity index (χ0n) is 24.2. The quantitative estimate of drug-likeness (QED) is 0.0682. The number of hydrogen-bond acceptors (Lipinski definition) is 9. The first kappa shape index (κ1) is 30.2. The maximum absolute atomic E-state index is 13.7. The van der Waals surface area contributed by atoms with Gasteiger partial charge in [-0.25, -0.2) is 9.78 Å². The smallest absolute Gasteiger partial charge is 0.350 e. The molecule has 224 valence electrons. The van der Waals surface area contributed by atoms with Gasteiger partial charge in [-0.1, -0.05) is 66.5 Å². The molecule has 4 aromatic rings. The first-order valence-corrected chi connectivity index (χ1v) is 14.7. The van der Waals surface area contributed by atoms with Crippen molar-refractivity contribution in [1.82, 2.24) is 4.98 Å². The number of hydrogen-bond donors (Lipinski definition) is 1. The van der Waals surface area contributed by atoms with Crippen molar-refractivity contribution in [2.75, 3.05) is 18.1 Å². The lowest BCUT2D eigenvalue weighted by Crippen LogP contribution is -2.29. The molecule has 1 unspecified atom stereocenters. The van der Waals surface area contributed by atoms with Crippen LogP contribution in [-0.4, -0.2) is 41.0 Å². The number of rotatable bonds is 11. The second-order valence-corrected chi connectivity index (χ2v) is 10.7. The lowest BCUT2D eigenvalue weighted by molar-refractivity contribution is -0.132. The van der Waals surface area contributed by atoms with Crippen LogP contribution in [0.3, 0.4) is 0 Å². The minimum Gasteiger partial charge on any atom is -0.507 e. The number of nitrogens with zero attached hydrogens (tertiary/aromatic N) is 2. The van der Waals surface area contributed by atoms with Gasteiger partial charge in [0.05, 0.1) is 23.9 Å². The third-order valence-electron chi connectivity index (χ3n) is 6.81. The van der Waals surface area contributed by atoms with Crippen LogP contribution in [-0.2, 0) is 20.9 Å². The van der Waals surface area contributed by atoms with Crippen molar-refractivity contribution in [3.05, 3.63) is 124 Å². The Hall–Kier alpha value is -5.22. The maximum atomic E-state index is 13.7. The number of carbonyl (C=O) groups excluding carboxylic acids is 3. The van der Waals surface area contributed by atoms with Gasteiger partial charge in [-0.2, -0.15) is 0 Å². The first-order valence-electron chi connectivity index (χ1n) is 13.9. The normalized spacial score (nSPS) is 15.7. The summed E-state index contributed by atoms with van der Waals surface area (Å²) in [6.07, 6.45) is 1.45. The number of ether oxygens (including phenoxy) is 3. The van der Waals surface area contributed by atoms with E-state index >= 15 is 0 Å². The van der Waals surface area contributed by atoms with E-state index in [9.17, 15) is 19.5 Å². The monoisotopic (exact) mass is 610 g/mol. The van der Waals surface area contributed by atoms with Crippen LogP contribution in [0.5, 0.6) is 11.5 Å². The van der Waals surface area contributed by atoms with Crippen LogP contribution < -0.4 is 14.4 Å². The Kier molecular flexibility index (Phi) is 9.20. The molecule has 0 spiro atoms. The number of aryl methyl sites for hydroxylation is 1. The predicted molar refractivity (Wildman–Crippen MR) is 167 cm³/mol. The van der Waals surface area contributed by atoms with E-state index in [1.807, 2.05) is 37.3 Å². The standard InChI is InChI=1S/C34H30N2O7S/c1-4-18-42-33(40)31-21(3)35-34(44-31)36-28(24-12-9-13-26(19-24)43-20-22-10-7-6-8-11-22)27(30(38)32(36)39)29(37)23-14-16-25(17-15-23)41-5-2/h4,6-17,19,28,37H,1,5,18,20H2,2-3H3/b29-27+. The van der Waals surface area contributed by atoms with Crippen LogP contribution >= 0.6 is 11.3 Å². The van der Waals surface area contributed by atoms with E-state index < -0.39 is 23.7 Å². The van der Waals surface area contributed by atoms with Gasteiger partial charge in [0.2, 0.25) is 0 Å². The van der Waals surface area contributed by atoms with E-state index in [2.05, 4.69) is 11.6 Å². The van der Waals surface area contributed by atoms with Crippen LogP contribution in [0, 0.1) is 6.92 Å². The van der Waals surface area contributed by atoms with Crippen LogP contribution in [0.2, 0.25) is 0 Å². The molecule has 1 aromatic heterocycles. The van der Waals surface area contributed by atoms with E-state index in [0.717, 1.165) is 16.9 Å². The number of aromatic nitrogens is 1. The van der Waals surface area contributed by atoms with Gasteiger partial charge in [-0.15, -0.1) is 0 Å². The summed E-state index contributed by atoms with van der Waals surface area (Å²) in [5, 5.41) is 11.6. The number of Topliss-reactive ketones (excluding diaryl/α,β-unsaturated/α-hetero) is 1. The highest BCUT2D eigenvalue weighted by atomic mass is 32.1. The number of aliphatic hydroxyl groups excluding tert-OH is 1. The molecule has 10 heteroatoms. The topological polar surface area (TPSA) is 115 Å². The molecule has 0 radical (unpaired) electrons. The molecule has 1 atom stereocenters. The zero-order valence-corrected chi connectivity index (χ0v) is 25.0. The Bertz CT molecular complexity index is 1730. The molecule has 1 aliphatic rings. The largest absolute Gasteiger partial charge is 0.507 e. The number of carbonyl (C=O) groups is 3. The third kappa shape index (κ3) is 6.25. The van der Waals surface area contributed by atoms with Crippen LogP contribution in [0.25, 0.3) is 5.76 Å². The van der Waals surface area contributed by atoms with E-state index in [1.165, 1.54) is 11.0 Å². The lowest BCUT2D eigenvalue weighted by Gasteiger charge is -2.23. The molecule has 0 aliphatic carbocycles. The van der Waals surface area contributed by atoms with Crippen molar-refractivity contribution >= 4 is 39.9 Å². The summed E-state index contributed by atoms with van der Waals surface area (Å²) in [6.45, 7) is 7.81. The van der Waals surface area contributed by atoms with Crippen LogP contribution in [0.15, 0.2) is 97.1 Å². The highest BCUT2D eigenvalue weighted by molar-refractivity contribution is 7.17. The number of thiazole rings is 1. The Morgan fingerprint density at radius 1 is 1.02 bits per heavy atom. The number of ketones is 1. The number of esters is 1. The minimum absolute atomic E-state index is 0.00782. The van der Waals surface area contributed by atoms with Crippen molar-refractivity contribution in [2.24, 2.45) is 0 Å². The van der Waals surface area contributed by atoms with Gasteiger partial charge in [-0.3, -0.25) is 14.5 Å². The average molecular weight is 611 g/mol. The number of aliphatic hydroxyl groups is 1. The Labute approximate surface area is 258 Å². The molecule has 3 aromatic carbocycles. The fourth-order valence-electron chi connectivity index (χ4n) is 4.77. The number of amides is 1. The molecule has 5 rings (SSSR count). The summed E-state index contributed by atoms with van der Waals surface area (Å²) in [4.78, 5) is 45.8. The fraction of sp³-hybridized carbons (Fsp3) is 0.176. The molecule has 1 aliphatic heterocycles. The second-order valence-electron chi connectivity index (χ2n) is 9.77. The second kappa shape index (κ2) is 13.4. The maximum Gasteiger partial charge on any atom is 0.350 e. The summed E-state index contributed by atoms with van der Waals surface area (Å²) >= 11 is 0.929. The molecule has 1 N–H and O–H groups in total. The fourth-order valence-corrected chi connectivity index (χ4v) is 5.75. The van der Waals surface area contributed by atoms with Gasteiger partial charge in [0.25, 0.3) is 5.78 Å². The van der Waals surface area contributed by atoms with Crippen LogP contribution in [0.4, 0.5) is 5.13 Å². The summed E-state index contributed by atoms with van der Waals surface area (Å²) in [6, 6.07) is 22.1. The van der Waals surface area contributed by atoms with Gasteiger partial charge in [0, 0.05) is 5.56 Å². The minimum atomic E-state index is -1.07. The Morgan fingerprint density at radius 3 is 2.48 bits per heavy atom. The molecule has 0 saturated carbocycles. The van der Waals surface area contributed by atoms with E-state index in [-0.39, 0.29) is 27.9 Å². The van der Waals surface area contributed by atoms with Crippen molar-refractivity contribution in [1.29, 1.82) is 0 Å². The van der Waals surface area contributed by atoms with Crippen molar-refractivity contribution in [3.63, 3.8) is 0 Å². The van der Waals surface area contributed by atoms with Crippen molar-refractivity contribution in [2.45, 2.75) is 26.5 Å². The highest BCUT2D eigenvalue weighted by Crippen LogP contribution is 2.44. The molecule has 1 saturated heterocycles.